The molecule has 0 fully saturated rings. The first kappa shape index (κ1) is 13.0. The average Bonchev–Trinajstić information content (AvgIpc) is 2.70. The van der Waals surface area contributed by atoms with E-state index < -0.39 is 0 Å². The molecule has 0 aliphatic carbocycles. The van der Waals surface area contributed by atoms with Gasteiger partial charge in [0.1, 0.15) is 0 Å². The van der Waals surface area contributed by atoms with Crippen LogP contribution >= 0.6 is 0 Å². The van der Waals surface area contributed by atoms with Crippen LogP contribution in [0.25, 0.3) is 0 Å². The van der Waals surface area contributed by atoms with E-state index in [1.807, 2.05) is 6.20 Å². The Kier molecular flexibility index (Phi) is 5.32. The van der Waals surface area contributed by atoms with Gasteiger partial charge in [0.25, 0.3) is 0 Å². The molecule has 4 heteroatoms. The van der Waals surface area contributed by atoms with E-state index in [4.69, 9.17) is 0 Å². The second-order valence-corrected chi connectivity index (χ2v) is 4.19. The molecule has 0 radical (unpaired) electrons. The van der Waals surface area contributed by atoms with Crippen LogP contribution in [0.5, 0.6) is 0 Å². The number of nitrogens with zero attached hydrogens (tertiary/aromatic N) is 2. The number of rotatable bonds is 7. The topological polar surface area (TPSA) is 41.0 Å². The van der Waals surface area contributed by atoms with Crippen molar-refractivity contribution in [1.82, 2.24) is 14.5 Å². The maximum Gasteiger partial charge on any atom is 0.325 e. The smallest absolute Gasteiger partial charge is 0.313 e. The Bertz CT molecular complexity index is 338. The number of aromatic nitrogens is 2. The Morgan fingerprint density at radius 1 is 1.44 bits per heavy atom. The highest BCUT2D eigenvalue weighted by Gasteiger charge is 2.07. The standard InChI is InChI=1S/C12H23N3O/c1-4-14(5-2)9-6-7-11(3)15-10-8-13-12(15)16/h8,10-11H,4-7,9H2,1-3H3,(H,13,16). The largest absolute Gasteiger partial charge is 0.325 e. The van der Waals surface area contributed by atoms with E-state index in [0.717, 1.165) is 32.5 Å². The van der Waals surface area contributed by atoms with Gasteiger partial charge in [-0.25, -0.2) is 4.79 Å². The number of hydrogen-bond acceptors (Lipinski definition) is 2. The van der Waals surface area contributed by atoms with Gasteiger partial charge in [0.2, 0.25) is 0 Å². The lowest BCUT2D eigenvalue weighted by Crippen LogP contribution is -2.25. The van der Waals surface area contributed by atoms with E-state index in [9.17, 15) is 4.79 Å². The van der Waals surface area contributed by atoms with Gasteiger partial charge in [0.15, 0.2) is 0 Å². The van der Waals surface area contributed by atoms with E-state index in [1.54, 1.807) is 10.8 Å². The van der Waals surface area contributed by atoms with Crippen molar-refractivity contribution in [3.63, 3.8) is 0 Å². The highest BCUT2D eigenvalue weighted by molar-refractivity contribution is 4.80. The Morgan fingerprint density at radius 3 is 2.62 bits per heavy atom. The van der Waals surface area contributed by atoms with Crippen LogP contribution in [-0.2, 0) is 0 Å². The summed E-state index contributed by atoms with van der Waals surface area (Å²) in [5, 5.41) is 0. The number of H-pyrrole nitrogens is 1. The van der Waals surface area contributed by atoms with Crippen LogP contribution in [0.15, 0.2) is 17.2 Å². The zero-order valence-electron chi connectivity index (χ0n) is 10.6. The fourth-order valence-corrected chi connectivity index (χ4v) is 1.97. The third kappa shape index (κ3) is 3.52. The number of imidazole rings is 1. The molecule has 0 bridgehead atoms. The Morgan fingerprint density at radius 2 is 2.12 bits per heavy atom. The lowest BCUT2D eigenvalue weighted by Gasteiger charge is -2.19. The molecule has 1 atom stereocenters. The monoisotopic (exact) mass is 225 g/mol. The quantitative estimate of drug-likeness (QED) is 0.769. The molecule has 1 heterocycles. The van der Waals surface area contributed by atoms with Crippen molar-refractivity contribution in [3.05, 3.63) is 22.9 Å². The van der Waals surface area contributed by atoms with Gasteiger partial charge in [-0.2, -0.15) is 0 Å². The summed E-state index contributed by atoms with van der Waals surface area (Å²) >= 11 is 0. The van der Waals surface area contributed by atoms with Crippen molar-refractivity contribution < 1.29 is 0 Å². The summed E-state index contributed by atoms with van der Waals surface area (Å²) < 4.78 is 1.77. The molecule has 0 saturated heterocycles. The molecule has 1 aromatic heterocycles. The van der Waals surface area contributed by atoms with Crippen molar-refractivity contribution in [2.75, 3.05) is 19.6 Å². The normalized spacial score (nSPS) is 13.2. The third-order valence-electron chi connectivity index (χ3n) is 3.14. The molecular formula is C12H23N3O. The molecule has 0 aliphatic heterocycles. The summed E-state index contributed by atoms with van der Waals surface area (Å²) in [7, 11) is 0. The van der Waals surface area contributed by atoms with Gasteiger partial charge in [0, 0.05) is 18.4 Å². The molecule has 1 unspecified atom stereocenters. The van der Waals surface area contributed by atoms with E-state index >= 15 is 0 Å². The van der Waals surface area contributed by atoms with Gasteiger partial charge in [-0.1, -0.05) is 13.8 Å². The zero-order chi connectivity index (χ0) is 12.0. The minimum absolute atomic E-state index is 0.00432. The first-order valence-electron chi connectivity index (χ1n) is 6.16. The third-order valence-corrected chi connectivity index (χ3v) is 3.14. The predicted molar refractivity (Wildman–Crippen MR) is 66.8 cm³/mol. The minimum Gasteiger partial charge on any atom is -0.313 e. The van der Waals surface area contributed by atoms with Gasteiger partial charge < -0.3 is 9.88 Å². The summed E-state index contributed by atoms with van der Waals surface area (Å²) in [6.45, 7) is 9.80. The molecule has 0 saturated carbocycles. The van der Waals surface area contributed by atoms with Gasteiger partial charge in [-0.05, 0) is 39.4 Å². The number of hydrogen-bond donors (Lipinski definition) is 1. The van der Waals surface area contributed by atoms with Crippen LogP contribution in [0.2, 0.25) is 0 Å². The minimum atomic E-state index is -0.00432. The van der Waals surface area contributed by atoms with Crippen molar-refractivity contribution in [2.45, 2.75) is 39.7 Å². The van der Waals surface area contributed by atoms with Crippen molar-refractivity contribution >= 4 is 0 Å². The Labute approximate surface area is 97.3 Å². The summed E-state index contributed by atoms with van der Waals surface area (Å²) in [4.78, 5) is 16.4. The predicted octanol–water partition coefficient (Wildman–Crippen LogP) is 1.86. The molecule has 1 rings (SSSR count). The van der Waals surface area contributed by atoms with Gasteiger partial charge in [0.05, 0.1) is 0 Å². The SMILES string of the molecule is CCN(CC)CCCC(C)n1cc[nH]c1=O. The van der Waals surface area contributed by atoms with Gasteiger partial charge in [-0.15, -0.1) is 0 Å². The number of nitrogens with one attached hydrogen (secondary N) is 1. The second-order valence-electron chi connectivity index (χ2n) is 4.19. The molecule has 0 amide bonds. The highest BCUT2D eigenvalue weighted by atomic mass is 16.1. The molecule has 0 aliphatic rings. The van der Waals surface area contributed by atoms with Gasteiger partial charge in [-0.3, -0.25) is 4.57 Å². The lowest BCUT2D eigenvalue weighted by atomic mass is 10.1. The van der Waals surface area contributed by atoms with Crippen molar-refractivity contribution in [3.8, 4) is 0 Å². The van der Waals surface area contributed by atoms with Crippen molar-refractivity contribution in [1.29, 1.82) is 0 Å². The average molecular weight is 225 g/mol. The Balaban J connectivity index is 2.33. The van der Waals surface area contributed by atoms with Gasteiger partial charge >= 0.3 is 5.69 Å². The molecule has 0 spiro atoms. The highest BCUT2D eigenvalue weighted by Crippen LogP contribution is 2.10. The van der Waals surface area contributed by atoms with Crippen LogP contribution in [0.4, 0.5) is 0 Å². The van der Waals surface area contributed by atoms with Crippen LogP contribution in [0, 0.1) is 0 Å². The van der Waals surface area contributed by atoms with E-state index in [2.05, 4.69) is 30.7 Å². The molecular weight excluding hydrogens is 202 g/mol. The summed E-state index contributed by atoms with van der Waals surface area (Å²) in [6, 6.07) is 0.286. The molecule has 16 heavy (non-hydrogen) atoms. The summed E-state index contributed by atoms with van der Waals surface area (Å²) in [5.74, 6) is 0. The molecule has 4 nitrogen and oxygen atoms in total. The van der Waals surface area contributed by atoms with Crippen LogP contribution in [-0.4, -0.2) is 34.1 Å². The first-order valence-corrected chi connectivity index (χ1v) is 6.16. The maximum absolute atomic E-state index is 11.4. The number of aromatic amines is 1. The maximum atomic E-state index is 11.4. The molecule has 92 valence electrons. The van der Waals surface area contributed by atoms with E-state index in [0.29, 0.717) is 0 Å². The Hall–Kier alpha value is -1.03. The lowest BCUT2D eigenvalue weighted by molar-refractivity contribution is 0.287. The summed E-state index contributed by atoms with van der Waals surface area (Å²) in [5.41, 5.74) is -0.00432. The first-order chi connectivity index (χ1) is 7.69. The van der Waals surface area contributed by atoms with Crippen molar-refractivity contribution in [2.24, 2.45) is 0 Å². The summed E-state index contributed by atoms with van der Waals surface area (Å²) in [6.07, 6.45) is 5.71. The zero-order valence-corrected chi connectivity index (χ0v) is 10.6. The molecule has 0 aromatic carbocycles. The molecule has 1 aromatic rings. The van der Waals surface area contributed by atoms with Crippen LogP contribution in [0.1, 0.15) is 39.7 Å². The fraction of sp³-hybridized carbons (Fsp3) is 0.750. The van der Waals surface area contributed by atoms with E-state index in [1.165, 1.54) is 0 Å². The van der Waals surface area contributed by atoms with Crippen LogP contribution < -0.4 is 5.69 Å². The second kappa shape index (κ2) is 6.53. The molecule has 1 N–H and O–H groups in total. The fourth-order valence-electron chi connectivity index (χ4n) is 1.97. The van der Waals surface area contributed by atoms with Crippen LogP contribution in [0.3, 0.4) is 0 Å². The van der Waals surface area contributed by atoms with E-state index in [-0.39, 0.29) is 11.7 Å².